The largest absolute Gasteiger partial charge is 0.464 e. The third-order valence-electron chi connectivity index (χ3n) is 4.63. The quantitative estimate of drug-likeness (QED) is 0.441. The van der Waals surface area contributed by atoms with Crippen LogP contribution in [-0.4, -0.2) is 14.8 Å². The molecule has 0 saturated heterocycles. The lowest BCUT2D eigenvalue weighted by molar-refractivity contribution is 0.583. The van der Waals surface area contributed by atoms with Crippen molar-refractivity contribution < 1.29 is 4.42 Å². The first kappa shape index (κ1) is 16.0. The molecule has 0 radical (unpaired) electrons. The van der Waals surface area contributed by atoms with Crippen molar-refractivity contribution in [3.05, 3.63) is 90.8 Å². The molecule has 0 aliphatic heterocycles. The molecule has 0 fully saturated rings. The van der Waals surface area contributed by atoms with Crippen molar-refractivity contribution in [2.45, 2.75) is 0 Å². The van der Waals surface area contributed by atoms with E-state index in [9.17, 15) is 5.26 Å². The van der Waals surface area contributed by atoms with Crippen molar-refractivity contribution in [2.24, 2.45) is 0 Å². The third kappa shape index (κ3) is 2.48. The Morgan fingerprint density at radius 1 is 0.893 bits per heavy atom. The number of nitrogens with zero attached hydrogens (tertiary/aromatic N) is 4. The first-order valence-electron chi connectivity index (χ1n) is 8.83. The number of fused-ring (bicyclic) bond motifs is 1. The number of furan rings is 1. The highest BCUT2D eigenvalue weighted by molar-refractivity contribution is 6.04. The van der Waals surface area contributed by atoms with E-state index in [1.807, 2.05) is 77.5 Å². The molecule has 3 aromatic heterocycles. The lowest BCUT2D eigenvalue weighted by Gasteiger charge is -2.05. The molecule has 0 amide bonds. The average Bonchev–Trinajstić information content (AvgIpc) is 3.42. The summed E-state index contributed by atoms with van der Waals surface area (Å²) in [5.41, 5.74) is 4.45. The molecule has 5 nitrogen and oxygen atoms in total. The van der Waals surface area contributed by atoms with E-state index in [1.165, 1.54) is 0 Å². The highest BCUT2D eigenvalue weighted by atomic mass is 16.3. The molecule has 28 heavy (non-hydrogen) atoms. The Morgan fingerprint density at radius 2 is 1.64 bits per heavy atom. The van der Waals surface area contributed by atoms with Gasteiger partial charge in [-0.3, -0.25) is 0 Å². The number of benzene rings is 2. The second-order valence-electron chi connectivity index (χ2n) is 6.30. The van der Waals surface area contributed by atoms with Gasteiger partial charge in [-0.25, -0.2) is 9.67 Å². The SMILES string of the molecule is N#Cc1cnc2c(c(-c3ccccc3)nn2-c2ccccc2)c1-c1ccco1. The molecule has 5 rings (SSSR count). The fourth-order valence-corrected chi connectivity index (χ4v) is 3.39. The van der Waals surface area contributed by atoms with Crippen LogP contribution < -0.4 is 0 Å². The molecule has 0 atom stereocenters. The number of pyridine rings is 1. The van der Waals surface area contributed by atoms with Crippen LogP contribution in [0.2, 0.25) is 0 Å². The number of hydrogen-bond acceptors (Lipinski definition) is 4. The summed E-state index contributed by atoms with van der Waals surface area (Å²) in [6.07, 6.45) is 3.18. The minimum absolute atomic E-state index is 0.451. The molecule has 0 aliphatic carbocycles. The molecule has 0 aliphatic rings. The van der Waals surface area contributed by atoms with Gasteiger partial charge in [0.25, 0.3) is 0 Å². The molecule has 0 spiro atoms. The Kier molecular flexibility index (Phi) is 3.74. The summed E-state index contributed by atoms with van der Waals surface area (Å²) in [5.74, 6) is 0.619. The van der Waals surface area contributed by atoms with Crippen LogP contribution in [0.15, 0.2) is 89.7 Å². The Bertz CT molecular complexity index is 1300. The molecule has 0 saturated carbocycles. The minimum atomic E-state index is 0.451. The zero-order chi connectivity index (χ0) is 18.9. The van der Waals surface area contributed by atoms with E-state index in [2.05, 4.69) is 11.1 Å². The van der Waals surface area contributed by atoms with E-state index in [-0.39, 0.29) is 0 Å². The summed E-state index contributed by atoms with van der Waals surface area (Å²) in [6, 6.07) is 25.7. The number of aromatic nitrogens is 3. The minimum Gasteiger partial charge on any atom is -0.464 e. The first-order valence-corrected chi connectivity index (χ1v) is 8.83. The van der Waals surface area contributed by atoms with Gasteiger partial charge in [-0.15, -0.1) is 0 Å². The van der Waals surface area contributed by atoms with Gasteiger partial charge in [-0.05, 0) is 24.3 Å². The molecular weight excluding hydrogens is 348 g/mol. The second-order valence-corrected chi connectivity index (χ2v) is 6.30. The van der Waals surface area contributed by atoms with Gasteiger partial charge in [0, 0.05) is 17.3 Å². The van der Waals surface area contributed by atoms with Crippen LogP contribution in [0.4, 0.5) is 0 Å². The van der Waals surface area contributed by atoms with Crippen LogP contribution in [0.25, 0.3) is 39.3 Å². The summed E-state index contributed by atoms with van der Waals surface area (Å²) in [5, 5.41) is 15.4. The van der Waals surface area contributed by atoms with Crippen molar-refractivity contribution in [2.75, 3.05) is 0 Å². The predicted molar refractivity (Wildman–Crippen MR) is 107 cm³/mol. The smallest absolute Gasteiger partial charge is 0.164 e. The van der Waals surface area contributed by atoms with Crippen LogP contribution in [0.3, 0.4) is 0 Å². The van der Waals surface area contributed by atoms with Crippen molar-refractivity contribution >= 4 is 11.0 Å². The molecule has 5 heteroatoms. The topological polar surface area (TPSA) is 67.6 Å². The summed E-state index contributed by atoms with van der Waals surface area (Å²) in [4.78, 5) is 4.58. The van der Waals surface area contributed by atoms with Gasteiger partial charge in [-0.1, -0.05) is 48.5 Å². The molecule has 5 aromatic rings. The van der Waals surface area contributed by atoms with Gasteiger partial charge in [0.15, 0.2) is 5.65 Å². The summed E-state index contributed by atoms with van der Waals surface area (Å²) >= 11 is 0. The third-order valence-corrected chi connectivity index (χ3v) is 4.63. The second kappa shape index (κ2) is 6.53. The average molecular weight is 362 g/mol. The standard InChI is InChI=1S/C23H14N4O/c24-14-17-15-25-23-21(20(17)19-12-7-13-28-19)22(16-8-3-1-4-9-16)26-27(23)18-10-5-2-6-11-18/h1-13,15H. The lowest BCUT2D eigenvalue weighted by Crippen LogP contribution is -1.98. The number of para-hydroxylation sites is 1. The molecule has 3 heterocycles. The van der Waals surface area contributed by atoms with Gasteiger partial charge < -0.3 is 4.42 Å². The van der Waals surface area contributed by atoms with E-state index in [0.29, 0.717) is 22.5 Å². The van der Waals surface area contributed by atoms with E-state index in [1.54, 1.807) is 12.5 Å². The fourth-order valence-electron chi connectivity index (χ4n) is 3.39. The summed E-state index contributed by atoms with van der Waals surface area (Å²) < 4.78 is 7.47. The van der Waals surface area contributed by atoms with Gasteiger partial charge in [0.2, 0.25) is 0 Å². The maximum atomic E-state index is 9.70. The maximum absolute atomic E-state index is 9.70. The zero-order valence-electron chi connectivity index (χ0n) is 14.8. The van der Waals surface area contributed by atoms with Crippen LogP contribution in [-0.2, 0) is 0 Å². The molecule has 0 bridgehead atoms. The molecule has 0 unspecified atom stereocenters. The highest BCUT2D eigenvalue weighted by Crippen LogP contribution is 2.38. The van der Waals surface area contributed by atoms with Gasteiger partial charge in [0.05, 0.1) is 22.9 Å². The summed E-state index contributed by atoms with van der Waals surface area (Å²) in [7, 11) is 0. The van der Waals surface area contributed by atoms with Crippen molar-refractivity contribution in [1.29, 1.82) is 5.26 Å². The Balaban J connectivity index is 1.94. The number of rotatable bonds is 3. The van der Waals surface area contributed by atoms with E-state index < -0.39 is 0 Å². The number of nitriles is 1. The Morgan fingerprint density at radius 3 is 2.32 bits per heavy atom. The summed E-state index contributed by atoms with van der Waals surface area (Å²) in [6.45, 7) is 0. The monoisotopic (exact) mass is 362 g/mol. The number of hydrogen-bond donors (Lipinski definition) is 0. The molecular formula is C23H14N4O. The predicted octanol–water partition coefficient (Wildman–Crippen LogP) is 5.22. The normalized spacial score (nSPS) is 10.8. The van der Waals surface area contributed by atoms with E-state index in [0.717, 1.165) is 22.3 Å². The van der Waals surface area contributed by atoms with E-state index >= 15 is 0 Å². The molecule has 0 N–H and O–H groups in total. The fraction of sp³-hybridized carbons (Fsp3) is 0. The molecule has 132 valence electrons. The van der Waals surface area contributed by atoms with Crippen LogP contribution in [0.1, 0.15) is 5.56 Å². The van der Waals surface area contributed by atoms with Crippen molar-refractivity contribution in [3.8, 4) is 34.3 Å². The van der Waals surface area contributed by atoms with Crippen LogP contribution >= 0.6 is 0 Å². The lowest BCUT2D eigenvalue weighted by atomic mass is 10.00. The Labute approximate surface area is 161 Å². The van der Waals surface area contributed by atoms with Gasteiger partial charge >= 0.3 is 0 Å². The van der Waals surface area contributed by atoms with Crippen molar-refractivity contribution in [3.63, 3.8) is 0 Å². The van der Waals surface area contributed by atoms with Crippen LogP contribution in [0.5, 0.6) is 0 Å². The highest BCUT2D eigenvalue weighted by Gasteiger charge is 2.23. The zero-order valence-corrected chi connectivity index (χ0v) is 14.8. The first-order chi connectivity index (χ1) is 13.9. The van der Waals surface area contributed by atoms with Gasteiger partial charge in [-0.2, -0.15) is 10.4 Å². The van der Waals surface area contributed by atoms with Gasteiger partial charge in [0.1, 0.15) is 17.5 Å². The van der Waals surface area contributed by atoms with Crippen LogP contribution in [0, 0.1) is 11.3 Å². The van der Waals surface area contributed by atoms with Crippen molar-refractivity contribution in [1.82, 2.24) is 14.8 Å². The molecule has 2 aromatic carbocycles. The van der Waals surface area contributed by atoms with E-state index in [4.69, 9.17) is 9.52 Å². The Hall–Kier alpha value is -4.17. The maximum Gasteiger partial charge on any atom is 0.164 e.